The van der Waals surface area contributed by atoms with Crippen LogP contribution < -0.4 is 14.2 Å². The van der Waals surface area contributed by atoms with E-state index in [0.29, 0.717) is 19.1 Å². The van der Waals surface area contributed by atoms with Crippen molar-refractivity contribution in [2.45, 2.75) is 26.7 Å². The highest BCUT2D eigenvalue weighted by molar-refractivity contribution is 9.28. The number of benzene rings is 2. The average molecular weight is 470 g/mol. The Morgan fingerprint density at radius 3 is 2.20 bits per heavy atom. The van der Waals surface area contributed by atoms with Gasteiger partial charge in [0.25, 0.3) is 0 Å². The minimum absolute atomic E-state index is 0.329. The van der Waals surface area contributed by atoms with Crippen molar-refractivity contribution in [2.24, 2.45) is 0 Å². The number of ether oxygens (including phenoxy) is 3. The van der Waals surface area contributed by atoms with Gasteiger partial charge in [-0.15, -0.1) is 0 Å². The molecule has 0 saturated heterocycles. The summed E-state index contributed by atoms with van der Waals surface area (Å²) in [6, 6.07) is 13.5. The van der Waals surface area contributed by atoms with Crippen LogP contribution in [0.1, 0.15) is 32.3 Å². The molecular weight excluding hydrogens is 448 g/mol. The molecule has 25 heavy (non-hydrogen) atoms. The molecule has 3 nitrogen and oxygen atoms in total. The van der Waals surface area contributed by atoms with Gasteiger partial charge in [-0.05, 0) is 93.2 Å². The summed E-state index contributed by atoms with van der Waals surface area (Å²) in [5.41, 5.74) is 1.11. The molecule has 134 valence electrons. The predicted molar refractivity (Wildman–Crippen MR) is 110 cm³/mol. The fourth-order valence-corrected chi connectivity index (χ4v) is 2.54. The molecule has 2 aromatic rings. The van der Waals surface area contributed by atoms with Crippen LogP contribution in [0.4, 0.5) is 0 Å². The van der Waals surface area contributed by atoms with Gasteiger partial charge in [0.1, 0.15) is 29.6 Å². The molecular formula is C20H22Br2O3. The fraction of sp³-hybridized carbons (Fsp3) is 0.300. The first-order chi connectivity index (χ1) is 12.0. The smallest absolute Gasteiger partial charge is 0.127 e. The third-order valence-corrected chi connectivity index (χ3v) is 4.10. The molecule has 0 bridgehead atoms. The standard InChI is InChI=1S/C20H22Br2O3/c1-4-23-15-5-7-16(8-6-15)25-17-9-10-19(18(13-17)14(2)3)24-12-11-20(21)22/h5-11,13-14H,4,12H2,1-3H3. The van der Waals surface area contributed by atoms with Crippen LogP contribution in [0.5, 0.6) is 23.0 Å². The summed E-state index contributed by atoms with van der Waals surface area (Å²) < 4.78 is 18.1. The van der Waals surface area contributed by atoms with Crippen LogP contribution in [0.2, 0.25) is 0 Å². The minimum atomic E-state index is 0.329. The summed E-state index contributed by atoms with van der Waals surface area (Å²) in [4.78, 5) is 0. The second-order valence-electron chi connectivity index (χ2n) is 5.67. The molecule has 0 aliphatic heterocycles. The van der Waals surface area contributed by atoms with Crippen LogP contribution in [0.15, 0.2) is 51.9 Å². The first-order valence-electron chi connectivity index (χ1n) is 8.18. The second kappa shape index (κ2) is 9.88. The highest BCUT2D eigenvalue weighted by Crippen LogP contribution is 2.33. The summed E-state index contributed by atoms with van der Waals surface area (Å²) in [6.45, 7) is 7.39. The molecule has 0 heterocycles. The Morgan fingerprint density at radius 2 is 1.60 bits per heavy atom. The first-order valence-corrected chi connectivity index (χ1v) is 9.76. The Bertz CT molecular complexity index is 705. The van der Waals surface area contributed by atoms with Crippen LogP contribution in [0.3, 0.4) is 0 Å². The van der Waals surface area contributed by atoms with E-state index in [2.05, 4.69) is 45.7 Å². The molecule has 0 spiro atoms. The van der Waals surface area contributed by atoms with Gasteiger partial charge in [-0.1, -0.05) is 13.8 Å². The number of halogens is 2. The SMILES string of the molecule is CCOc1ccc(Oc2ccc(OCC=C(Br)Br)c(C(C)C)c2)cc1. The summed E-state index contributed by atoms with van der Waals surface area (Å²) >= 11 is 6.66. The first kappa shape index (κ1) is 19.9. The van der Waals surface area contributed by atoms with Crippen molar-refractivity contribution in [1.82, 2.24) is 0 Å². The van der Waals surface area contributed by atoms with E-state index in [4.69, 9.17) is 14.2 Å². The van der Waals surface area contributed by atoms with Crippen molar-refractivity contribution in [3.05, 3.63) is 57.5 Å². The van der Waals surface area contributed by atoms with Crippen molar-refractivity contribution in [2.75, 3.05) is 13.2 Å². The van der Waals surface area contributed by atoms with E-state index in [0.717, 1.165) is 32.0 Å². The van der Waals surface area contributed by atoms with Gasteiger partial charge in [-0.25, -0.2) is 0 Å². The van der Waals surface area contributed by atoms with Crippen LogP contribution in [-0.2, 0) is 0 Å². The number of hydrogen-bond acceptors (Lipinski definition) is 3. The van der Waals surface area contributed by atoms with Crippen molar-refractivity contribution < 1.29 is 14.2 Å². The topological polar surface area (TPSA) is 27.7 Å². The lowest BCUT2D eigenvalue weighted by atomic mass is 10.0. The molecule has 0 unspecified atom stereocenters. The van der Waals surface area contributed by atoms with Crippen LogP contribution in [-0.4, -0.2) is 13.2 Å². The Labute approximate surface area is 166 Å². The Hall–Kier alpha value is -1.46. The number of rotatable bonds is 8. The van der Waals surface area contributed by atoms with E-state index in [1.807, 2.05) is 55.5 Å². The van der Waals surface area contributed by atoms with Gasteiger partial charge in [-0.2, -0.15) is 0 Å². The third kappa shape index (κ3) is 6.40. The Balaban J connectivity index is 2.13. The van der Waals surface area contributed by atoms with Gasteiger partial charge < -0.3 is 14.2 Å². The normalized spacial score (nSPS) is 10.5. The zero-order chi connectivity index (χ0) is 18.2. The lowest BCUT2D eigenvalue weighted by Crippen LogP contribution is -2.00. The summed E-state index contributed by atoms with van der Waals surface area (Å²) in [6.07, 6.45) is 1.91. The molecule has 0 fully saturated rings. The molecule has 0 aromatic heterocycles. The van der Waals surface area contributed by atoms with Crippen molar-refractivity contribution in [1.29, 1.82) is 0 Å². The van der Waals surface area contributed by atoms with E-state index < -0.39 is 0 Å². The molecule has 0 radical (unpaired) electrons. The zero-order valence-corrected chi connectivity index (χ0v) is 17.8. The van der Waals surface area contributed by atoms with Crippen LogP contribution in [0, 0.1) is 0 Å². The largest absolute Gasteiger partial charge is 0.494 e. The minimum Gasteiger partial charge on any atom is -0.494 e. The van der Waals surface area contributed by atoms with Gasteiger partial charge in [0, 0.05) is 5.56 Å². The molecule has 2 aromatic carbocycles. The van der Waals surface area contributed by atoms with Crippen molar-refractivity contribution in [3.8, 4) is 23.0 Å². The maximum Gasteiger partial charge on any atom is 0.127 e. The quantitative estimate of drug-likeness (QED) is 0.416. The van der Waals surface area contributed by atoms with Gasteiger partial charge in [0.2, 0.25) is 0 Å². The number of hydrogen-bond donors (Lipinski definition) is 0. The Morgan fingerprint density at radius 1 is 0.960 bits per heavy atom. The molecule has 0 N–H and O–H groups in total. The average Bonchev–Trinajstić information content (AvgIpc) is 2.57. The van der Waals surface area contributed by atoms with Crippen molar-refractivity contribution in [3.63, 3.8) is 0 Å². The third-order valence-electron chi connectivity index (χ3n) is 3.45. The Kier molecular flexibility index (Phi) is 7.85. The second-order valence-corrected chi connectivity index (χ2v) is 8.44. The molecule has 0 amide bonds. The van der Waals surface area contributed by atoms with E-state index in [1.165, 1.54) is 0 Å². The highest BCUT2D eigenvalue weighted by Gasteiger charge is 2.10. The van der Waals surface area contributed by atoms with Crippen LogP contribution >= 0.6 is 31.9 Å². The van der Waals surface area contributed by atoms with E-state index in [1.54, 1.807) is 0 Å². The van der Waals surface area contributed by atoms with Crippen molar-refractivity contribution >= 4 is 31.9 Å². The van der Waals surface area contributed by atoms with Gasteiger partial charge in [0.05, 0.1) is 10.00 Å². The molecule has 0 saturated carbocycles. The van der Waals surface area contributed by atoms with Gasteiger partial charge in [0.15, 0.2) is 0 Å². The lowest BCUT2D eigenvalue weighted by Gasteiger charge is -2.15. The maximum atomic E-state index is 5.96. The molecule has 0 atom stereocenters. The monoisotopic (exact) mass is 468 g/mol. The zero-order valence-electron chi connectivity index (χ0n) is 14.6. The van der Waals surface area contributed by atoms with Crippen LogP contribution in [0.25, 0.3) is 0 Å². The summed E-state index contributed by atoms with van der Waals surface area (Å²) in [7, 11) is 0. The molecule has 0 aliphatic rings. The summed E-state index contributed by atoms with van der Waals surface area (Å²) in [5, 5.41) is 0. The molecule has 5 heteroatoms. The van der Waals surface area contributed by atoms with E-state index in [-0.39, 0.29) is 0 Å². The van der Waals surface area contributed by atoms with E-state index in [9.17, 15) is 0 Å². The molecule has 0 aliphatic carbocycles. The maximum absolute atomic E-state index is 5.96. The predicted octanol–water partition coefficient (Wildman–Crippen LogP) is 7.01. The fourth-order valence-electron chi connectivity index (χ4n) is 2.27. The molecule has 2 rings (SSSR count). The van der Waals surface area contributed by atoms with E-state index >= 15 is 0 Å². The van der Waals surface area contributed by atoms with Gasteiger partial charge in [-0.3, -0.25) is 0 Å². The van der Waals surface area contributed by atoms with Gasteiger partial charge >= 0.3 is 0 Å². The lowest BCUT2D eigenvalue weighted by molar-refractivity contribution is 0.339. The summed E-state index contributed by atoms with van der Waals surface area (Å²) in [5.74, 6) is 3.60. The highest BCUT2D eigenvalue weighted by atomic mass is 79.9.